The summed E-state index contributed by atoms with van der Waals surface area (Å²) in [6, 6.07) is 6.42. The van der Waals surface area contributed by atoms with Crippen molar-refractivity contribution in [3.63, 3.8) is 0 Å². The van der Waals surface area contributed by atoms with E-state index >= 15 is 0 Å². The van der Waals surface area contributed by atoms with Gasteiger partial charge in [-0.1, -0.05) is 18.2 Å². The summed E-state index contributed by atoms with van der Waals surface area (Å²) in [5.74, 6) is -0.884. The minimum absolute atomic E-state index is 0.0138. The van der Waals surface area contributed by atoms with Crippen LogP contribution in [0.25, 0.3) is 0 Å². The van der Waals surface area contributed by atoms with E-state index < -0.39 is 10.0 Å². The largest absolute Gasteiger partial charge is 0.352 e. The maximum atomic E-state index is 12.3. The first kappa shape index (κ1) is 19.1. The van der Waals surface area contributed by atoms with Crippen molar-refractivity contribution in [3.05, 3.63) is 29.8 Å². The predicted octanol–water partition coefficient (Wildman–Crippen LogP) is 0.0922. The number of carbonyl (C=O) groups excluding carboxylic acids is 3. The van der Waals surface area contributed by atoms with Crippen molar-refractivity contribution in [3.8, 4) is 0 Å². The van der Waals surface area contributed by atoms with Gasteiger partial charge in [-0.25, -0.2) is 12.7 Å². The highest BCUT2D eigenvalue weighted by atomic mass is 32.2. The predicted molar refractivity (Wildman–Crippen MR) is 89.7 cm³/mol. The van der Waals surface area contributed by atoms with E-state index in [1.165, 1.54) is 20.2 Å². The lowest BCUT2D eigenvalue weighted by Gasteiger charge is -2.16. The van der Waals surface area contributed by atoms with Crippen molar-refractivity contribution < 1.29 is 22.8 Å². The summed E-state index contributed by atoms with van der Waals surface area (Å²) in [5, 5.41) is 2.63. The summed E-state index contributed by atoms with van der Waals surface area (Å²) in [6.07, 6.45) is 0.368. The molecule has 1 saturated heterocycles. The van der Waals surface area contributed by atoms with Gasteiger partial charge in [0.05, 0.1) is 4.90 Å². The lowest BCUT2D eigenvalue weighted by Crippen LogP contribution is -2.34. The molecule has 8 nitrogen and oxygen atoms in total. The monoisotopic (exact) mass is 367 g/mol. The zero-order valence-electron chi connectivity index (χ0n) is 14.2. The van der Waals surface area contributed by atoms with Gasteiger partial charge < -0.3 is 5.32 Å². The molecule has 1 heterocycles. The molecule has 1 fully saturated rings. The Balaban J connectivity index is 1.97. The van der Waals surface area contributed by atoms with E-state index in [1.807, 2.05) is 0 Å². The van der Waals surface area contributed by atoms with Crippen molar-refractivity contribution in [2.24, 2.45) is 0 Å². The molecule has 0 spiro atoms. The highest BCUT2D eigenvalue weighted by Crippen LogP contribution is 2.18. The Kier molecular flexibility index (Phi) is 5.91. The Bertz CT molecular complexity index is 773. The number of rotatable bonds is 7. The Morgan fingerprint density at radius 3 is 2.36 bits per heavy atom. The molecule has 9 heteroatoms. The van der Waals surface area contributed by atoms with Crippen molar-refractivity contribution in [2.45, 2.75) is 30.7 Å². The number of nitrogens with zero attached hydrogens (tertiary/aromatic N) is 2. The van der Waals surface area contributed by atoms with Crippen LogP contribution in [0, 0.1) is 0 Å². The van der Waals surface area contributed by atoms with Crippen LogP contribution in [-0.2, 0) is 31.0 Å². The standard InChI is InChI=1S/C16H21N3O5S/c1-18(2)25(23,24)13-6-4-3-5-12(13)11-17-14(20)9-10-19-15(21)7-8-16(19)22/h3-6H,7-11H2,1-2H3,(H,17,20). The first-order valence-electron chi connectivity index (χ1n) is 7.84. The van der Waals surface area contributed by atoms with Crippen LogP contribution in [0.4, 0.5) is 0 Å². The third-order valence-corrected chi connectivity index (χ3v) is 5.84. The van der Waals surface area contributed by atoms with Crippen molar-refractivity contribution in [1.82, 2.24) is 14.5 Å². The van der Waals surface area contributed by atoms with E-state index in [1.54, 1.807) is 18.2 Å². The maximum Gasteiger partial charge on any atom is 0.242 e. The lowest BCUT2D eigenvalue weighted by molar-refractivity contribution is -0.138. The molecule has 0 aromatic heterocycles. The molecule has 0 unspecified atom stereocenters. The van der Waals surface area contributed by atoms with E-state index in [9.17, 15) is 22.8 Å². The molecule has 3 amide bonds. The van der Waals surface area contributed by atoms with E-state index in [0.717, 1.165) is 9.21 Å². The minimum Gasteiger partial charge on any atom is -0.352 e. The number of imide groups is 1. The average Bonchev–Trinajstić information content (AvgIpc) is 2.89. The summed E-state index contributed by atoms with van der Waals surface area (Å²) >= 11 is 0. The lowest BCUT2D eigenvalue weighted by atomic mass is 10.2. The van der Waals surface area contributed by atoms with Gasteiger partial charge in [-0.3, -0.25) is 19.3 Å². The van der Waals surface area contributed by atoms with E-state index in [0.29, 0.717) is 5.56 Å². The van der Waals surface area contributed by atoms with Gasteiger partial charge in [0.2, 0.25) is 27.7 Å². The number of likely N-dealkylation sites (tertiary alicyclic amines) is 1. The molecule has 1 aromatic rings. The molecule has 1 aliphatic heterocycles. The third-order valence-electron chi connectivity index (χ3n) is 3.92. The van der Waals surface area contributed by atoms with Crippen molar-refractivity contribution in [1.29, 1.82) is 0 Å². The van der Waals surface area contributed by atoms with Crippen LogP contribution in [0.3, 0.4) is 0 Å². The first-order chi connectivity index (χ1) is 11.7. The van der Waals surface area contributed by atoms with Gasteiger partial charge >= 0.3 is 0 Å². The van der Waals surface area contributed by atoms with Crippen LogP contribution in [0.1, 0.15) is 24.8 Å². The summed E-state index contributed by atoms with van der Waals surface area (Å²) in [4.78, 5) is 36.2. The van der Waals surface area contributed by atoms with Crippen LogP contribution in [0.15, 0.2) is 29.2 Å². The molecule has 0 radical (unpaired) electrons. The van der Waals surface area contributed by atoms with Crippen LogP contribution >= 0.6 is 0 Å². The highest BCUT2D eigenvalue weighted by Gasteiger charge is 2.28. The SMILES string of the molecule is CN(C)S(=O)(=O)c1ccccc1CNC(=O)CCN1C(=O)CCC1=O. The van der Waals surface area contributed by atoms with Crippen LogP contribution in [0.5, 0.6) is 0 Å². The van der Waals surface area contributed by atoms with Gasteiger partial charge in [0.25, 0.3) is 0 Å². The molecular formula is C16H21N3O5S. The van der Waals surface area contributed by atoms with Crippen molar-refractivity contribution >= 4 is 27.7 Å². The van der Waals surface area contributed by atoms with E-state index in [2.05, 4.69) is 5.32 Å². The first-order valence-corrected chi connectivity index (χ1v) is 9.28. The normalized spacial score (nSPS) is 15.1. The number of hydrogen-bond acceptors (Lipinski definition) is 5. The zero-order valence-corrected chi connectivity index (χ0v) is 15.0. The third kappa shape index (κ3) is 4.43. The van der Waals surface area contributed by atoms with Crippen LogP contribution < -0.4 is 5.32 Å². The quantitative estimate of drug-likeness (QED) is 0.688. The second kappa shape index (κ2) is 7.75. The number of benzene rings is 1. The second-order valence-electron chi connectivity index (χ2n) is 5.86. The van der Waals surface area contributed by atoms with Gasteiger partial charge in [0, 0.05) is 46.4 Å². The minimum atomic E-state index is -3.61. The molecule has 136 valence electrons. The molecule has 0 saturated carbocycles. The fourth-order valence-corrected chi connectivity index (χ4v) is 3.58. The number of hydrogen-bond donors (Lipinski definition) is 1. The molecule has 0 bridgehead atoms. The summed E-state index contributed by atoms with van der Waals surface area (Å²) < 4.78 is 25.7. The zero-order chi connectivity index (χ0) is 18.6. The molecule has 1 aliphatic rings. The number of amides is 3. The average molecular weight is 367 g/mol. The molecular weight excluding hydrogens is 346 g/mol. The van der Waals surface area contributed by atoms with Crippen molar-refractivity contribution in [2.75, 3.05) is 20.6 Å². The molecule has 0 aliphatic carbocycles. The molecule has 1 aromatic carbocycles. The van der Waals surface area contributed by atoms with Gasteiger partial charge in [0.1, 0.15) is 0 Å². The Labute approximate surface area is 146 Å². The number of carbonyl (C=O) groups is 3. The smallest absolute Gasteiger partial charge is 0.242 e. The van der Waals surface area contributed by atoms with Crippen LogP contribution in [0.2, 0.25) is 0 Å². The van der Waals surface area contributed by atoms with Crippen LogP contribution in [-0.4, -0.2) is 56.0 Å². The number of sulfonamides is 1. The highest BCUT2D eigenvalue weighted by molar-refractivity contribution is 7.89. The topological polar surface area (TPSA) is 104 Å². The Morgan fingerprint density at radius 1 is 1.16 bits per heavy atom. The molecule has 2 rings (SSSR count). The summed E-state index contributed by atoms with van der Waals surface area (Å²) in [7, 11) is -0.732. The van der Waals surface area contributed by atoms with Gasteiger partial charge in [-0.05, 0) is 11.6 Å². The van der Waals surface area contributed by atoms with Gasteiger partial charge in [0.15, 0.2) is 0 Å². The Morgan fingerprint density at radius 2 is 1.76 bits per heavy atom. The second-order valence-corrected chi connectivity index (χ2v) is 7.98. The Hall–Kier alpha value is -2.26. The van der Waals surface area contributed by atoms with E-state index in [4.69, 9.17) is 0 Å². The molecule has 25 heavy (non-hydrogen) atoms. The number of nitrogens with one attached hydrogen (secondary N) is 1. The van der Waals surface area contributed by atoms with Gasteiger partial charge in [-0.2, -0.15) is 0 Å². The summed E-state index contributed by atoms with van der Waals surface area (Å²) in [5.41, 5.74) is 0.470. The fourth-order valence-electron chi connectivity index (χ4n) is 2.47. The van der Waals surface area contributed by atoms with Gasteiger partial charge in [-0.15, -0.1) is 0 Å². The van der Waals surface area contributed by atoms with E-state index in [-0.39, 0.29) is 55.0 Å². The maximum absolute atomic E-state index is 12.3. The summed E-state index contributed by atoms with van der Waals surface area (Å²) in [6.45, 7) is 0.0884. The molecule has 0 atom stereocenters. The fraction of sp³-hybridized carbons (Fsp3) is 0.438. The molecule has 1 N–H and O–H groups in total.